The van der Waals surface area contributed by atoms with E-state index in [1.807, 2.05) is 30.3 Å². The smallest absolute Gasteiger partial charge is 0.226 e. The Balaban J connectivity index is 1.96. The zero-order chi connectivity index (χ0) is 12.8. The molecule has 2 aromatic rings. The normalized spacial score (nSPS) is 12.1. The van der Waals surface area contributed by atoms with Crippen molar-refractivity contribution in [3.05, 3.63) is 53.9 Å². The number of carbonyl (C=O) groups is 1. The first-order valence-corrected chi connectivity index (χ1v) is 5.73. The summed E-state index contributed by atoms with van der Waals surface area (Å²) in [5, 5.41) is 18.6. The van der Waals surface area contributed by atoms with Crippen LogP contribution in [0.3, 0.4) is 0 Å². The van der Waals surface area contributed by atoms with E-state index in [4.69, 9.17) is 0 Å². The number of aromatic nitrogens is 2. The van der Waals surface area contributed by atoms with Gasteiger partial charge in [0.1, 0.15) is 0 Å². The molecule has 2 rings (SSSR count). The van der Waals surface area contributed by atoms with Crippen molar-refractivity contribution in [3.63, 3.8) is 0 Å². The molecule has 0 aliphatic rings. The van der Waals surface area contributed by atoms with Crippen LogP contribution in [0.1, 0.15) is 17.3 Å². The number of aromatic amines is 1. The number of amides is 1. The van der Waals surface area contributed by atoms with Crippen LogP contribution in [0.5, 0.6) is 0 Å². The summed E-state index contributed by atoms with van der Waals surface area (Å²) < 4.78 is 0. The molecular weight excluding hydrogens is 230 g/mol. The maximum atomic E-state index is 11.8. The predicted molar refractivity (Wildman–Crippen MR) is 66.7 cm³/mol. The van der Waals surface area contributed by atoms with Gasteiger partial charge in [0, 0.05) is 11.9 Å². The van der Waals surface area contributed by atoms with Crippen LogP contribution in [0.25, 0.3) is 0 Å². The van der Waals surface area contributed by atoms with Crippen LogP contribution in [0.2, 0.25) is 0 Å². The molecule has 3 N–H and O–H groups in total. The lowest BCUT2D eigenvalue weighted by atomic mass is 10.1. The van der Waals surface area contributed by atoms with Crippen LogP contribution in [0, 0.1) is 0 Å². The molecule has 1 amide bonds. The highest BCUT2D eigenvalue weighted by molar-refractivity contribution is 5.78. The van der Waals surface area contributed by atoms with Crippen molar-refractivity contribution in [3.8, 4) is 0 Å². The Bertz CT molecular complexity index is 482. The van der Waals surface area contributed by atoms with E-state index in [2.05, 4.69) is 15.5 Å². The van der Waals surface area contributed by atoms with Crippen molar-refractivity contribution < 1.29 is 9.90 Å². The average Bonchev–Trinajstić information content (AvgIpc) is 2.90. The average molecular weight is 245 g/mol. The van der Waals surface area contributed by atoms with Gasteiger partial charge in [-0.05, 0) is 11.6 Å². The molecule has 1 aromatic carbocycles. The van der Waals surface area contributed by atoms with E-state index < -0.39 is 0 Å². The first-order chi connectivity index (χ1) is 8.79. The first-order valence-electron chi connectivity index (χ1n) is 5.73. The summed E-state index contributed by atoms with van der Waals surface area (Å²) in [6.45, 7) is -0.126. The summed E-state index contributed by atoms with van der Waals surface area (Å²) >= 11 is 0. The molecule has 0 unspecified atom stereocenters. The van der Waals surface area contributed by atoms with Gasteiger partial charge in [-0.2, -0.15) is 5.10 Å². The monoisotopic (exact) mass is 245 g/mol. The SMILES string of the molecule is O=C(Cc1ccn[nH]1)N[C@H](CO)c1ccccc1. The Morgan fingerprint density at radius 2 is 2.11 bits per heavy atom. The zero-order valence-corrected chi connectivity index (χ0v) is 9.84. The molecule has 5 nitrogen and oxygen atoms in total. The second-order valence-electron chi connectivity index (χ2n) is 3.97. The lowest BCUT2D eigenvalue weighted by molar-refractivity contribution is -0.121. The Morgan fingerprint density at radius 1 is 1.33 bits per heavy atom. The number of aliphatic hydroxyl groups is 1. The first kappa shape index (κ1) is 12.3. The van der Waals surface area contributed by atoms with Gasteiger partial charge in [-0.1, -0.05) is 30.3 Å². The molecular formula is C13H15N3O2. The number of rotatable bonds is 5. The van der Waals surface area contributed by atoms with E-state index in [9.17, 15) is 9.90 Å². The number of nitrogens with zero attached hydrogens (tertiary/aromatic N) is 1. The minimum Gasteiger partial charge on any atom is -0.394 e. The molecule has 1 aromatic heterocycles. The van der Waals surface area contributed by atoms with Gasteiger partial charge in [-0.3, -0.25) is 9.89 Å². The van der Waals surface area contributed by atoms with Gasteiger partial charge in [0.15, 0.2) is 0 Å². The van der Waals surface area contributed by atoms with E-state index in [0.29, 0.717) is 0 Å². The summed E-state index contributed by atoms with van der Waals surface area (Å²) in [7, 11) is 0. The van der Waals surface area contributed by atoms with E-state index >= 15 is 0 Å². The third kappa shape index (κ3) is 3.18. The molecule has 0 saturated carbocycles. The molecule has 0 bridgehead atoms. The zero-order valence-electron chi connectivity index (χ0n) is 9.84. The Labute approximate surface area is 105 Å². The second-order valence-corrected chi connectivity index (χ2v) is 3.97. The fourth-order valence-electron chi connectivity index (χ4n) is 1.72. The highest BCUT2D eigenvalue weighted by atomic mass is 16.3. The third-order valence-corrected chi connectivity index (χ3v) is 2.63. The number of hydrogen-bond acceptors (Lipinski definition) is 3. The van der Waals surface area contributed by atoms with Crippen LogP contribution in [0.15, 0.2) is 42.6 Å². The number of nitrogens with one attached hydrogen (secondary N) is 2. The van der Waals surface area contributed by atoms with Crippen LogP contribution < -0.4 is 5.32 Å². The molecule has 0 aliphatic heterocycles. The molecule has 0 fully saturated rings. The number of carbonyl (C=O) groups excluding carboxylic acids is 1. The van der Waals surface area contributed by atoms with Gasteiger partial charge in [-0.25, -0.2) is 0 Å². The molecule has 5 heteroatoms. The third-order valence-electron chi connectivity index (χ3n) is 2.63. The molecule has 1 heterocycles. The van der Waals surface area contributed by atoms with Crippen LogP contribution >= 0.6 is 0 Å². The summed E-state index contributed by atoms with van der Waals surface area (Å²) in [6, 6.07) is 10.8. The summed E-state index contributed by atoms with van der Waals surface area (Å²) in [6.07, 6.45) is 1.83. The molecule has 18 heavy (non-hydrogen) atoms. The molecule has 0 saturated heterocycles. The topological polar surface area (TPSA) is 78.0 Å². The van der Waals surface area contributed by atoms with Crippen LogP contribution in [-0.2, 0) is 11.2 Å². The number of benzene rings is 1. The Kier molecular flexibility index (Phi) is 4.09. The molecule has 1 atom stereocenters. The minimum atomic E-state index is -0.373. The fourth-order valence-corrected chi connectivity index (χ4v) is 1.72. The lowest BCUT2D eigenvalue weighted by Crippen LogP contribution is -2.32. The van der Waals surface area contributed by atoms with Crippen LogP contribution in [0.4, 0.5) is 0 Å². The highest BCUT2D eigenvalue weighted by Gasteiger charge is 2.13. The molecule has 94 valence electrons. The molecule has 0 radical (unpaired) electrons. The molecule has 0 aliphatic carbocycles. The van der Waals surface area contributed by atoms with Gasteiger partial charge in [0.2, 0.25) is 5.91 Å². The maximum absolute atomic E-state index is 11.8. The van der Waals surface area contributed by atoms with E-state index in [-0.39, 0.29) is 25.0 Å². The minimum absolute atomic E-state index is 0.126. The van der Waals surface area contributed by atoms with Crippen molar-refractivity contribution in [2.45, 2.75) is 12.5 Å². The van der Waals surface area contributed by atoms with Crippen molar-refractivity contribution in [2.24, 2.45) is 0 Å². The van der Waals surface area contributed by atoms with Crippen molar-refractivity contribution in [2.75, 3.05) is 6.61 Å². The maximum Gasteiger partial charge on any atom is 0.226 e. The van der Waals surface area contributed by atoms with Gasteiger partial charge < -0.3 is 10.4 Å². The standard InChI is InChI=1S/C13H15N3O2/c17-9-12(10-4-2-1-3-5-10)15-13(18)8-11-6-7-14-16-11/h1-7,12,17H,8-9H2,(H,14,16)(H,15,18)/t12-/m1/s1. The summed E-state index contributed by atoms with van der Waals surface area (Å²) in [4.78, 5) is 11.8. The van der Waals surface area contributed by atoms with Gasteiger partial charge >= 0.3 is 0 Å². The fraction of sp³-hybridized carbons (Fsp3) is 0.231. The van der Waals surface area contributed by atoms with Crippen molar-refractivity contribution >= 4 is 5.91 Å². The number of hydrogen-bond donors (Lipinski definition) is 3. The van der Waals surface area contributed by atoms with E-state index in [0.717, 1.165) is 11.3 Å². The van der Waals surface area contributed by atoms with Gasteiger partial charge in [0.05, 0.1) is 19.1 Å². The quantitative estimate of drug-likeness (QED) is 0.729. The lowest BCUT2D eigenvalue weighted by Gasteiger charge is -2.16. The molecule has 0 spiro atoms. The predicted octanol–water partition coefficient (Wildman–Crippen LogP) is 0.802. The second kappa shape index (κ2) is 5.97. The van der Waals surface area contributed by atoms with E-state index in [1.54, 1.807) is 12.3 Å². The van der Waals surface area contributed by atoms with Crippen molar-refractivity contribution in [1.29, 1.82) is 0 Å². The van der Waals surface area contributed by atoms with Gasteiger partial charge in [-0.15, -0.1) is 0 Å². The summed E-state index contributed by atoms with van der Waals surface area (Å²) in [5.41, 5.74) is 1.63. The van der Waals surface area contributed by atoms with Crippen molar-refractivity contribution in [1.82, 2.24) is 15.5 Å². The highest BCUT2D eigenvalue weighted by Crippen LogP contribution is 2.11. The number of H-pyrrole nitrogens is 1. The summed E-state index contributed by atoms with van der Waals surface area (Å²) in [5.74, 6) is -0.151. The number of aliphatic hydroxyl groups excluding tert-OH is 1. The van der Waals surface area contributed by atoms with Gasteiger partial charge in [0.25, 0.3) is 0 Å². The Morgan fingerprint density at radius 3 is 2.72 bits per heavy atom. The van der Waals surface area contributed by atoms with Crippen LogP contribution in [-0.4, -0.2) is 27.8 Å². The largest absolute Gasteiger partial charge is 0.394 e. The van der Waals surface area contributed by atoms with E-state index in [1.165, 1.54) is 0 Å². The Hall–Kier alpha value is -2.14.